The Kier molecular flexibility index (Phi) is 5.69. The molecule has 0 aliphatic rings. The molecule has 0 saturated carbocycles. The van der Waals surface area contributed by atoms with Crippen molar-refractivity contribution in [1.29, 1.82) is 0 Å². The van der Waals surface area contributed by atoms with Gasteiger partial charge in [-0.2, -0.15) is 0 Å². The van der Waals surface area contributed by atoms with Crippen LogP contribution in [0.25, 0.3) is 11.8 Å². The van der Waals surface area contributed by atoms with E-state index in [0.717, 1.165) is 16.9 Å². The molecular weight excluding hydrogens is 304 g/mol. The quantitative estimate of drug-likeness (QED) is 0.366. The van der Waals surface area contributed by atoms with Crippen molar-refractivity contribution in [2.75, 3.05) is 0 Å². The van der Waals surface area contributed by atoms with Gasteiger partial charge in [-0.25, -0.2) is 0 Å². The fraction of sp³-hybridized carbons (Fsp3) is 0.167. The maximum atomic E-state index is 6.55. The van der Waals surface area contributed by atoms with Gasteiger partial charge in [0.2, 0.25) is 0 Å². The molecule has 3 aromatic carbocycles. The molecule has 0 aliphatic heterocycles. The van der Waals surface area contributed by atoms with Gasteiger partial charge in [0, 0.05) is 5.56 Å². The minimum absolute atomic E-state index is 0.0105. The van der Waals surface area contributed by atoms with Crippen molar-refractivity contribution in [3.8, 4) is 0 Å². The largest absolute Gasteiger partial charge is 0.485 e. The van der Waals surface area contributed by atoms with Gasteiger partial charge in [-0.05, 0) is 23.1 Å². The van der Waals surface area contributed by atoms with Gasteiger partial charge < -0.3 is 4.74 Å². The third kappa shape index (κ3) is 4.60. The predicted octanol–water partition coefficient (Wildman–Crippen LogP) is 6.60. The molecule has 1 atom stereocenters. The van der Waals surface area contributed by atoms with E-state index in [0.29, 0.717) is 5.92 Å². The maximum absolute atomic E-state index is 6.55. The summed E-state index contributed by atoms with van der Waals surface area (Å²) in [6, 6.07) is 31.1. The fourth-order valence-corrected chi connectivity index (χ4v) is 2.86. The van der Waals surface area contributed by atoms with Crippen LogP contribution in [0.1, 0.15) is 36.6 Å². The van der Waals surface area contributed by atoms with E-state index in [-0.39, 0.29) is 6.10 Å². The van der Waals surface area contributed by atoms with E-state index in [1.807, 2.05) is 42.5 Å². The van der Waals surface area contributed by atoms with Crippen LogP contribution >= 0.6 is 0 Å². The van der Waals surface area contributed by atoms with Crippen molar-refractivity contribution in [3.63, 3.8) is 0 Å². The predicted molar refractivity (Wildman–Crippen MR) is 106 cm³/mol. The molecule has 126 valence electrons. The first-order valence-electron chi connectivity index (χ1n) is 8.78. The highest BCUT2D eigenvalue weighted by Gasteiger charge is 2.19. The first-order chi connectivity index (χ1) is 12.2. The number of benzene rings is 3. The molecule has 0 amide bonds. The Hall–Kier alpha value is -2.80. The Labute approximate surface area is 150 Å². The molecule has 25 heavy (non-hydrogen) atoms. The van der Waals surface area contributed by atoms with Crippen LogP contribution in [-0.2, 0) is 4.74 Å². The molecular formula is C24H24O. The van der Waals surface area contributed by atoms with Crippen LogP contribution < -0.4 is 0 Å². The minimum Gasteiger partial charge on any atom is -0.485 e. The zero-order chi connectivity index (χ0) is 17.5. The summed E-state index contributed by atoms with van der Waals surface area (Å²) >= 11 is 0. The van der Waals surface area contributed by atoms with Crippen LogP contribution in [0.5, 0.6) is 0 Å². The van der Waals surface area contributed by atoms with Gasteiger partial charge in [-0.1, -0.05) is 105 Å². The van der Waals surface area contributed by atoms with E-state index >= 15 is 0 Å². The SMILES string of the molecule is CC(C)C(O/C(=C/c1ccccc1)c1ccccc1)c1ccccc1. The number of hydrogen-bond acceptors (Lipinski definition) is 1. The fourth-order valence-electron chi connectivity index (χ4n) is 2.86. The summed E-state index contributed by atoms with van der Waals surface area (Å²) in [7, 11) is 0. The molecule has 0 aliphatic carbocycles. The lowest BCUT2D eigenvalue weighted by Crippen LogP contribution is -2.10. The zero-order valence-electron chi connectivity index (χ0n) is 14.8. The Balaban J connectivity index is 1.98. The van der Waals surface area contributed by atoms with Gasteiger partial charge >= 0.3 is 0 Å². The molecule has 0 bridgehead atoms. The lowest BCUT2D eigenvalue weighted by molar-refractivity contribution is 0.122. The molecule has 1 nitrogen and oxygen atoms in total. The first-order valence-corrected chi connectivity index (χ1v) is 8.78. The average Bonchev–Trinajstić information content (AvgIpc) is 2.67. The van der Waals surface area contributed by atoms with Crippen molar-refractivity contribution in [2.45, 2.75) is 20.0 Å². The summed E-state index contributed by atoms with van der Waals surface area (Å²) in [6.45, 7) is 4.39. The van der Waals surface area contributed by atoms with Crippen molar-refractivity contribution < 1.29 is 4.74 Å². The van der Waals surface area contributed by atoms with Crippen molar-refractivity contribution >= 4 is 11.8 Å². The van der Waals surface area contributed by atoms with Crippen LogP contribution in [0.2, 0.25) is 0 Å². The second-order valence-electron chi connectivity index (χ2n) is 6.48. The van der Waals surface area contributed by atoms with E-state index < -0.39 is 0 Å². The van der Waals surface area contributed by atoms with Crippen molar-refractivity contribution in [1.82, 2.24) is 0 Å². The minimum atomic E-state index is 0.0105. The molecule has 3 aromatic rings. The van der Waals surface area contributed by atoms with E-state index in [1.54, 1.807) is 0 Å². The van der Waals surface area contributed by atoms with Crippen LogP contribution in [0, 0.1) is 5.92 Å². The topological polar surface area (TPSA) is 9.23 Å². The van der Waals surface area contributed by atoms with Gasteiger partial charge in [0.05, 0.1) is 0 Å². The van der Waals surface area contributed by atoms with Gasteiger partial charge in [0.25, 0.3) is 0 Å². The summed E-state index contributed by atoms with van der Waals surface area (Å²) in [4.78, 5) is 0. The second-order valence-corrected chi connectivity index (χ2v) is 6.48. The zero-order valence-corrected chi connectivity index (χ0v) is 14.8. The highest BCUT2D eigenvalue weighted by Crippen LogP contribution is 2.32. The molecule has 3 rings (SSSR count). The molecule has 0 fully saturated rings. The number of rotatable bonds is 6. The smallest absolute Gasteiger partial charge is 0.128 e. The number of hydrogen-bond donors (Lipinski definition) is 0. The summed E-state index contributed by atoms with van der Waals surface area (Å²) in [5.74, 6) is 1.26. The summed E-state index contributed by atoms with van der Waals surface area (Å²) in [5, 5.41) is 0. The molecule has 0 radical (unpaired) electrons. The van der Waals surface area contributed by atoms with Gasteiger partial charge in [0.15, 0.2) is 0 Å². The standard InChI is InChI=1S/C24H24O/c1-19(2)24(22-16-10-5-11-17-22)25-23(21-14-8-4-9-15-21)18-20-12-6-3-7-13-20/h3-19,24H,1-2H3/b23-18+. The molecule has 1 unspecified atom stereocenters. The Morgan fingerprint density at radius 2 is 1.24 bits per heavy atom. The van der Waals surface area contributed by atoms with E-state index in [4.69, 9.17) is 4.74 Å². The van der Waals surface area contributed by atoms with Gasteiger partial charge in [-0.3, -0.25) is 0 Å². The molecule has 0 aromatic heterocycles. The van der Waals surface area contributed by atoms with Crippen LogP contribution in [0.4, 0.5) is 0 Å². The van der Waals surface area contributed by atoms with Crippen LogP contribution in [0.15, 0.2) is 91.0 Å². The van der Waals surface area contributed by atoms with Crippen molar-refractivity contribution in [3.05, 3.63) is 108 Å². The van der Waals surface area contributed by atoms with E-state index in [2.05, 4.69) is 68.5 Å². The van der Waals surface area contributed by atoms with Crippen LogP contribution in [0.3, 0.4) is 0 Å². The Morgan fingerprint density at radius 3 is 1.80 bits per heavy atom. The Bertz CT molecular complexity index is 789. The lowest BCUT2D eigenvalue weighted by atomic mass is 9.98. The summed E-state index contributed by atoms with van der Waals surface area (Å²) in [5.41, 5.74) is 3.43. The summed E-state index contributed by atoms with van der Waals surface area (Å²) < 4.78 is 6.55. The normalized spacial score (nSPS) is 12.8. The Morgan fingerprint density at radius 1 is 0.720 bits per heavy atom. The average molecular weight is 328 g/mol. The van der Waals surface area contributed by atoms with E-state index in [9.17, 15) is 0 Å². The van der Waals surface area contributed by atoms with E-state index in [1.165, 1.54) is 5.56 Å². The van der Waals surface area contributed by atoms with Gasteiger partial charge in [0.1, 0.15) is 11.9 Å². The molecule has 0 spiro atoms. The highest BCUT2D eigenvalue weighted by atomic mass is 16.5. The van der Waals surface area contributed by atoms with Crippen LogP contribution in [-0.4, -0.2) is 0 Å². The summed E-state index contributed by atoms with van der Waals surface area (Å²) in [6.07, 6.45) is 2.13. The molecule has 0 heterocycles. The second kappa shape index (κ2) is 8.34. The number of ether oxygens (including phenoxy) is 1. The maximum Gasteiger partial charge on any atom is 0.128 e. The third-order valence-corrected chi connectivity index (χ3v) is 4.14. The van der Waals surface area contributed by atoms with Gasteiger partial charge in [-0.15, -0.1) is 0 Å². The monoisotopic (exact) mass is 328 g/mol. The highest BCUT2D eigenvalue weighted by molar-refractivity contribution is 5.77. The van der Waals surface area contributed by atoms with Crippen molar-refractivity contribution in [2.24, 2.45) is 5.92 Å². The molecule has 0 saturated heterocycles. The third-order valence-electron chi connectivity index (χ3n) is 4.14. The molecule has 1 heteroatoms. The lowest BCUT2D eigenvalue weighted by Gasteiger charge is -2.25. The molecule has 0 N–H and O–H groups in total. The first kappa shape index (κ1) is 17.0.